The number of aromatic amines is 1. The van der Waals surface area contributed by atoms with Crippen LogP contribution in [-0.4, -0.2) is 42.8 Å². The van der Waals surface area contributed by atoms with Gasteiger partial charge in [0.15, 0.2) is 0 Å². The first-order valence-corrected chi connectivity index (χ1v) is 13.0. The summed E-state index contributed by atoms with van der Waals surface area (Å²) in [7, 11) is 0. The molecule has 8 N–H and O–H groups in total. The molecule has 0 atom stereocenters. The van der Waals surface area contributed by atoms with Crippen LogP contribution < -0.4 is 22.1 Å². The summed E-state index contributed by atoms with van der Waals surface area (Å²) < 4.78 is 6.21. The number of hydrogen-bond donors (Lipinski definition) is 6. The van der Waals surface area contributed by atoms with E-state index in [0.717, 1.165) is 88.4 Å². The molecule has 0 saturated carbocycles. The summed E-state index contributed by atoms with van der Waals surface area (Å²) in [5.74, 6) is 1.74. The Kier molecular flexibility index (Phi) is 6.31. The fourth-order valence-corrected chi connectivity index (χ4v) is 4.89. The van der Waals surface area contributed by atoms with Gasteiger partial charge in [0.25, 0.3) is 0 Å². The van der Waals surface area contributed by atoms with Crippen LogP contribution in [0.15, 0.2) is 76.1 Å². The minimum Gasteiger partial charge on any atom is -0.456 e. The topological polar surface area (TPSA) is 141 Å². The van der Waals surface area contributed by atoms with Gasteiger partial charge in [-0.15, -0.1) is 0 Å². The molecule has 0 fully saturated rings. The Labute approximate surface area is 220 Å². The highest BCUT2D eigenvalue weighted by molar-refractivity contribution is 6.02. The van der Waals surface area contributed by atoms with E-state index in [1.165, 1.54) is 0 Å². The number of furan rings is 1. The largest absolute Gasteiger partial charge is 0.456 e. The van der Waals surface area contributed by atoms with Gasteiger partial charge in [-0.25, -0.2) is 0 Å². The third-order valence-electron chi connectivity index (χ3n) is 6.92. The van der Waals surface area contributed by atoms with Crippen LogP contribution in [0.4, 0.5) is 5.69 Å². The van der Waals surface area contributed by atoms with Gasteiger partial charge >= 0.3 is 0 Å². The molecule has 0 radical (unpaired) electrons. The third-order valence-corrected chi connectivity index (χ3v) is 6.92. The molecule has 8 nitrogen and oxygen atoms in total. The van der Waals surface area contributed by atoms with Crippen molar-refractivity contribution in [3.05, 3.63) is 77.9 Å². The van der Waals surface area contributed by atoms with Crippen molar-refractivity contribution in [2.75, 3.05) is 31.5 Å². The lowest BCUT2D eigenvalue weighted by atomic mass is 10.0. The lowest BCUT2D eigenvalue weighted by Gasteiger charge is -2.14. The van der Waals surface area contributed by atoms with Crippen LogP contribution in [0.1, 0.15) is 24.0 Å². The summed E-state index contributed by atoms with van der Waals surface area (Å²) in [6.07, 6.45) is 1.93. The van der Waals surface area contributed by atoms with Crippen LogP contribution in [0.25, 0.3) is 44.5 Å². The van der Waals surface area contributed by atoms with E-state index >= 15 is 0 Å². The number of nitrogens with two attached hydrogens (primary N) is 2. The standard InChI is InChI=1S/C30H31N7O/c31-9-1-10-34-26-14-19(7-8-23(26)28-16-20-4-5-21(29(32)33)17-27(20)38-28)24-13-18-3-6-22(15-25(18)37-24)30-35-11-2-12-36-30/h3-8,13-17,34,37H,1-2,9-12,31H2,(H3,32,33)(H,35,36). The Morgan fingerprint density at radius 1 is 1.00 bits per heavy atom. The van der Waals surface area contributed by atoms with Gasteiger partial charge in [0.05, 0.1) is 0 Å². The van der Waals surface area contributed by atoms with Crippen LogP contribution in [0.3, 0.4) is 0 Å². The molecule has 1 aliphatic rings. The number of hydrogen-bond acceptors (Lipinski definition) is 6. The zero-order valence-electron chi connectivity index (χ0n) is 21.1. The van der Waals surface area contributed by atoms with E-state index in [4.69, 9.17) is 21.3 Å². The van der Waals surface area contributed by atoms with E-state index in [1.807, 2.05) is 24.3 Å². The molecular weight excluding hydrogens is 474 g/mol. The average molecular weight is 506 g/mol. The number of fused-ring (bicyclic) bond motifs is 2. The van der Waals surface area contributed by atoms with E-state index in [-0.39, 0.29) is 5.84 Å². The van der Waals surface area contributed by atoms with Crippen LogP contribution in [0, 0.1) is 5.41 Å². The Hall–Kier alpha value is -4.56. The van der Waals surface area contributed by atoms with Gasteiger partial charge in [0.2, 0.25) is 0 Å². The van der Waals surface area contributed by atoms with Crippen molar-refractivity contribution >= 4 is 39.2 Å². The predicted octanol–water partition coefficient (Wildman–Crippen LogP) is 5.03. The second kappa shape index (κ2) is 10.1. The molecule has 0 unspecified atom stereocenters. The monoisotopic (exact) mass is 505 g/mol. The highest BCUT2D eigenvalue weighted by Crippen LogP contribution is 2.36. The number of nitrogens with zero attached hydrogens (tertiary/aromatic N) is 1. The van der Waals surface area contributed by atoms with Gasteiger partial charge in [0, 0.05) is 69.6 Å². The van der Waals surface area contributed by atoms with E-state index < -0.39 is 0 Å². The average Bonchev–Trinajstić information content (AvgIpc) is 3.57. The molecular formula is C30H31N7O. The summed E-state index contributed by atoms with van der Waals surface area (Å²) in [4.78, 5) is 8.23. The van der Waals surface area contributed by atoms with Crippen molar-refractivity contribution in [3.63, 3.8) is 0 Å². The maximum Gasteiger partial charge on any atom is 0.137 e. The fraction of sp³-hybridized carbons (Fsp3) is 0.200. The predicted molar refractivity (Wildman–Crippen MR) is 156 cm³/mol. The molecule has 6 rings (SSSR count). The first-order valence-electron chi connectivity index (χ1n) is 13.0. The second-order valence-corrected chi connectivity index (χ2v) is 9.60. The summed E-state index contributed by atoms with van der Waals surface area (Å²) in [6.45, 7) is 3.20. The Morgan fingerprint density at radius 3 is 2.68 bits per heavy atom. The number of aliphatic imine (C=N–C) groups is 1. The molecule has 5 aromatic rings. The lowest BCUT2D eigenvalue weighted by Crippen LogP contribution is -2.30. The molecule has 38 heavy (non-hydrogen) atoms. The van der Waals surface area contributed by atoms with Gasteiger partial charge in [-0.05, 0) is 55.8 Å². The summed E-state index contributed by atoms with van der Waals surface area (Å²) in [5, 5.41) is 16.8. The molecule has 8 heteroatoms. The third kappa shape index (κ3) is 4.62. The number of H-pyrrole nitrogens is 1. The zero-order chi connectivity index (χ0) is 26.1. The quantitative estimate of drug-likeness (QED) is 0.0996. The molecule has 2 aromatic heterocycles. The molecule has 0 bridgehead atoms. The molecule has 0 saturated heterocycles. The van der Waals surface area contributed by atoms with Crippen molar-refractivity contribution in [2.24, 2.45) is 16.5 Å². The number of rotatable bonds is 8. The first kappa shape index (κ1) is 23.8. The highest BCUT2D eigenvalue weighted by Gasteiger charge is 2.15. The summed E-state index contributed by atoms with van der Waals surface area (Å²) in [5.41, 5.74) is 19.0. The van der Waals surface area contributed by atoms with Crippen molar-refractivity contribution in [1.82, 2.24) is 10.3 Å². The van der Waals surface area contributed by atoms with Gasteiger partial charge in [-0.2, -0.15) is 0 Å². The van der Waals surface area contributed by atoms with Crippen molar-refractivity contribution in [2.45, 2.75) is 12.8 Å². The van der Waals surface area contributed by atoms with Crippen molar-refractivity contribution in [1.29, 1.82) is 5.41 Å². The lowest BCUT2D eigenvalue weighted by molar-refractivity contribution is 0.631. The zero-order valence-corrected chi connectivity index (χ0v) is 21.1. The van der Waals surface area contributed by atoms with E-state index in [0.29, 0.717) is 17.7 Å². The highest BCUT2D eigenvalue weighted by atomic mass is 16.3. The van der Waals surface area contributed by atoms with Crippen LogP contribution in [-0.2, 0) is 0 Å². The Bertz CT molecular complexity index is 1680. The fourth-order valence-electron chi connectivity index (χ4n) is 4.89. The van der Waals surface area contributed by atoms with Crippen LogP contribution in [0.5, 0.6) is 0 Å². The minimum absolute atomic E-state index is 0.0202. The summed E-state index contributed by atoms with van der Waals surface area (Å²) in [6, 6.07) is 22.6. The van der Waals surface area contributed by atoms with Gasteiger partial charge < -0.3 is 31.5 Å². The van der Waals surface area contributed by atoms with E-state index in [2.05, 4.69) is 63.1 Å². The number of benzene rings is 3. The van der Waals surface area contributed by atoms with Crippen molar-refractivity contribution < 1.29 is 4.42 Å². The van der Waals surface area contributed by atoms with Crippen LogP contribution in [0.2, 0.25) is 0 Å². The van der Waals surface area contributed by atoms with Crippen LogP contribution >= 0.6 is 0 Å². The van der Waals surface area contributed by atoms with E-state index in [9.17, 15) is 0 Å². The number of amidine groups is 2. The molecule has 1 aliphatic heterocycles. The molecule has 192 valence electrons. The Balaban J connectivity index is 1.37. The van der Waals surface area contributed by atoms with Crippen molar-refractivity contribution in [3.8, 4) is 22.6 Å². The molecule has 3 heterocycles. The first-order chi connectivity index (χ1) is 18.6. The number of nitrogen functional groups attached to an aromatic ring is 1. The second-order valence-electron chi connectivity index (χ2n) is 9.60. The number of nitrogens with one attached hydrogen (secondary N) is 4. The molecule has 0 aliphatic carbocycles. The van der Waals surface area contributed by atoms with Gasteiger partial charge in [-0.1, -0.05) is 30.3 Å². The normalized spacial score (nSPS) is 13.4. The maximum absolute atomic E-state index is 7.72. The van der Waals surface area contributed by atoms with Gasteiger partial charge in [0.1, 0.15) is 23.0 Å². The molecule has 0 spiro atoms. The smallest absolute Gasteiger partial charge is 0.137 e. The maximum atomic E-state index is 7.72. The van der Waals surface area contributed by atoms with E-state index in [1.54, 1.807) is 0 Å². The SMILES string of the molecule is N=C(N)c1ccc2cc(-c3ccc(-c4cc5ccc(C6=NCCCN6)cc5[nH]4)cc3NCCCN)oc2c1. The summed E-state index contributed by atoms with van der Waals surface area (Å²) >= 11 is 0. The van der Waals surface area contributed by atoms with Gasteiger partial charge in [-0.3, -0.25) is 10.4 Å². The molecule has 0 amide bonds. The molecule has 3 aromatic carbocycles. The number of anilines is 1. The number of aromatic nitrogens is 1. The Morgan fingerprint density at radius 2 is 1.87 bits per heavy atom. The minimum atomic E-state index is 0.0202.